The van der Waals surface area contributed by atoms with E-state index in [9.17, 15) is 9.90 Å². The number of fused-ring (bicyclic) bond motifs is 1. The smallest absolute Gasteiger partial charge is 0.335 e. The minimum absolute atomic E-state index is 0.377. The fourth-order valence-corrected chi connectivity index (χ4v) is 3.00. The second-order valence-electron chi connectivity index (χ2n) is 5.74. The van der Waals surface area contributed by atoms with Gasteiger partial charge in [0.2, 0.25) is 0 Å². The lowest BCUT2D eigenvalue weighted by Gasteiger charge is -2.37. The molecule has 1 atom stereocenters. The van der Waals surface area contributed by atoms with Crippen molar-refractivity contribution in [3.63, 3.8) is 0 Å². The molecule has 4 heteroatoms. The predicted octanol–water partition coefficient (Wildman–Crippen LogP) is 2.41. The van der Waals surface area contributed by atoms with E-state index in [-0.39, 0.29) is 0 Å². The molecule has 0 radical (unpaired) electrons. The van der Waals surface area contributed by atoms with Crippen LogP contribution in [0.2, 0.25) is 0 Å². The summed E-state index contributed by atoms with van der Waals surface area (Å²) >= 11 is 0. The van der Waals surface area contributed by atoms with Gasteiger partial charge in [-0.15, -0.1) is 0 Å². The van der Waals surface area contributed by atoms with Gasteiger partial charge >= 0.3 is 5.97 Å². The van der Waals surface area contributed by atoms with Gasteiger partial charge in [0.1, 0.15) is 0 Å². The van der Waals surface area contributed by atoms with E-state index in [1.54, 1.807) is 13.2 Å². The van der Waals surface area contributed by atoms with Crippen LogP contribution < -0.4 is 0 Å². The first-order valence-electron chi connectivity index (χ1n) is 7.11. The van der Waals surface area contributed by atoms with E-state index in [4.69, 9.17) is 4.74 Å². The molecule has 110 valence electrons. The summed E-state index contributed by atoms with van der Waals surface area (Å²) in [6, 6.07) is 5.96. The standard InChI is InChI=1S/C16H23NO3/c1-11(2)15(10-20-3)17-8-7-13-12(9-17)5-4-6-14(13)16(18)19/h4-6,11,15H,7-10H2,1-3H3,(H,18,19). The van der Waals surface area contributed by atoms with Crippen molar-refractivity contribution in [1.82, 2.24) is 4.90 Å². The molecule has 1 aliphatic heterocycles. The Labute approximate surface area is 120 Å². The Hall–Kier alpha value is -1.39. The minimum Gasteiger partial charge on any atom is -0.478 e. The van der Waals surface area contributed by atoms with Crippen molar-refractivity contribution in [3.8, 4) is 0 Å². The van der Waals surface area contributed by atoms with Gasteiger partial charge < -0.3 is 9.84 Å². The van der Waals surface area contributed by atoms with Gasteiger partial charge in [0.25, 0.3) is 0 Å². The quantitative estimate of drug-likeness (QED) is 0.898. The molecular weight excluding hydrogens is 254 g/mol. The molecular formula is C16H23NO3. The molecule has 1 unspecified atom stereocenters. The van der Waals surface area contributed by atoms with Crippen LogP contribution in [0, 0.1) is 5.92 Å². The molecule has 0 amide bonds. The van der Waals surface area contributed by atoms with E-state index in [1.165, 1.54) is 0 Å². The van der Waals surface area contributed by atoms with Crippen LogP contribution in [-0.2, 0) is 17.7 Å². The Morgan fingerprint density at radius 1 is 1.45 bits per heavy atom. The summed E-state index contributed by atoms with van der Waals surface area (Å²) in [5.74, 6) is -0.313. The molecule has 0 aliphatic carbocycles. The summed E-state index contributed by atoms with van der Waals surface area (Å²) in [6.45, 7) is 6.82. The van der Waals surface area contributed by atoms with Gasteiger partial charge in [0, 0.05) is 26.2 Å². The number of aromatic carboxylic acids is 1. The zero-order chi connectivity index (χ0) is 14.7. The van der Waals surface area contributed by atoms with Crippen molar-refractivity contribution in [1.29, 1.82) is 0 Å². The first kappa shape index (κ1) is 15.0. The lowest BCUT2D eigenvalue weighted by molar-refractivity contribution is 0.0552. The highest BCUT2D eigenvalue weighted by Gasteiger charge is 2.27. The molecule has 1 aromatic carbocycles. The summed E-state index contributed by atoms with van der Waals surface area (Å²) in [7, 11) is 1.73. The number of hydrogen-bond donors (Lipinski definition) is 1. The summed E-state index contributed by atoms with van der Waals surface area (Å²) < 4.78 is 5.33. The van der Waals surface area contributed by atoms with Crippen molar-refractivity contribution in [2.24, 2.45) is 5.92 Å². The summed E-state index contributed by atoms with van der Waals surface area (Å²) in [6.07, 6.45) is 0.796. The molecule has 0 saturated heterocycles. The van der Waals surface area contributed by atoms with Crippen LogP contribution in [0.5, 0.6) is 0 Å². The number of carbonyl (C=O) groups is 1. The number of hydrogen-bond acceptors (Lipinski definition) is 3. The highest BCUT2D eigenvalue weighted by molar-refractivity contribution is 5.89. The highest BCUT2D eigenvalue weighted by Crippen LogP contribution is 2.26. The second-order valence-corrected chi connectivity index (χ2v) is 5.74. The molecule has 20 heavy (non-hydrogen) atoms. The molecule has 1 aliphatic rings. The first-order valence-corrected chi connectivity index (χ1v) is 7.11. The average molecular weight is 277 g/mol. The molecule has 1 aromatic rings. The fourth-order valence-electron chi connectivity index (χ4n) is 3.00. The van der Waals surface area contributed by atoms with Gasteiger partial charge in [-0.05, 0) is 29.5 Å². The molecule has 0 spiro atoms. The molecule has 1 heterocycles. The SMILES string of the molecule is COCC(C(C)C)N1CCc2c(cccc2C(=O)O)C1. The van der Waals surface area contributed by atoms with E-state index in [1.807, 2.05) is 12.1 Å². The maximum Gasteiger partial charge on any atom is 0.335 e. The Morgan fingerprint density at radius 2 is 2.20 bits per heavy atom. The average Bonchev–Trinajstić information content (AvgIpc) is 2.43. The number of carboxylic acid groups (broad SMARTS) is 1. The number of carboxylic acids is 1. The van der Waals surface area contributed by atoms with Crippen LogP contribution >= 0.6 is 0 Å². The highest BCUT2D eigenvalue weighted by atomic mass is 16.5. The number of benzene rings is 1. The van der Waals surface area contributed by atoms with Crippen molar-refractivity contribution in [2.75, 3.05) is 20.3 Å². The third kappa shape index (κ3) is 3.02. The molecule has 4 nitrogen and oxygen atoms in total. The van der Waals surface area contributed by atoms with E-state index < -0.39 is 5.97 Å². The maximum atomic E-state index is 11.3. The zero-order valence-electron chi connectivity index (χ0n) is 12.4. The van der Waals surface area contributed by atoms with Crippen LogP contribution in [0.4, 0.5) is 0 Å². The molecule has 2 rings (SSSR count). The normalized spacial score (nSPS) is 17.0. The maximum absolute atomic E-state index is 11.3. The molecule has 0 saturated carbocycles. The Balaban J connectivity index is 2.23. The van der Waals surface area contributed by atoms with Crippen LogP contribution in [0.3, 0.4) is 0 Å². The van der Waals surface area contributed by atoms with Crippen LogP contribution in [0.15, 0.2) is 18.2 Å². The Kier molecular flexibility index (Phi) is 4.78. The van der Waals surface area contributed by atoms with E-state index in [2.05, 4.69) is 18.7 Å². The molecule has 1 N–H and O–H groups in total. The monoisotopic (exact) mass is 277 g/mol. The van der Waals surface area contributed by atoms with Crippen LogP contribution in [-0.4, -0.2) is 42.3 Å². The van der Waals surface area contributed by atoms with Gasteiger partial charge in [0.05, 0.1) is 12.2 Å². The third-order valence-electron chi connectivity index (χ3n) is 4.10. The lowest BCUT2D eigenvalue weighted by Crippen LogP contribution is -2.45. The molecule has 0 aromatic heterocycles. The summed E-state index contributed by atoms with van der Waals surface area (Å²) in [5.41, 5.74) is 2.59. The van der Waals surface area contributed by atoms with Crippen molar-refractivity contribution < 1.29 is 14.6 Å². The second kappa shape index (κ2) is 6.37. The van der Waals surface area contributed by atoms with E-state index in [0.717, 1.165) is 30.6 Å². The first-order chi connectivity index (χ1) is 9.54. The topological polar surface area (TPSA) is 49.8 Å². The summed E-state index contributed by atoms with van der Waals surface area (Å²) in [4.78, 5) is 13.7. The number of nitrogens with zero attached hydrogens (tertiary/aromatic N) is 1. The van der Waals surface area contributed by atoms with E-state index in [0.29, 0.717) is 24.1 Å². The van der Waals surface area contributed by atoms with Crippen LogP contribution in [0.25, 0.3) is 0 Å². The molecule has 0 fully saturated rings. The van der Waals surface area contributed by atoms with Gasteiger partial charge in [-0.25, -0.2) is 4.79 Å². The van der Waals surface area contributed by atoms with Crippen molar-refractivity contribution in [3.05, 3.63) is 34.9 Å². The minimum atomic E-state index is -0.826. The van der Waals surface area contributed by atoms with Crippen molar-refractivity contribution in [2.45, 2.75) is 32.9 Å². The Morgan fingerprint density at radius 3 is 2.80 bits per heavy atom. The predicted molar refractivity (Wildman–Crippen MR) is 78.0 cm³/mol. The number of rotatable bonds is 5. The largest absolute Gasteiger partial charge is 0.478 e. The lowest BCUT2D eigenvalue weighted by atomic mass is 9.92. The van der Waals surface area contributed by atoms with Gasteiger partial charge in [-0.3, -0.25) is 4.90 Å². The van der Waals surface area contributed by atoms with Gasteiger partial charge in [-0.1, -0.05) is 26.0 Å². The number of methoxy groups -OCH3 is 1. The fraction of sp³-hybridized carbons (Fsp3) is 0.562. The zero-order valence-corrected chi connectivity index (χ0v) is 12.4. The van der Waals surface area contributed by atoms with Gasteiger partial charge in [-0.2, -0.15) is 0 Å². The van der Waals surface area contributed by atoms with E-state index >= 15 is 0 Å². The Bertz CT molecular complexity index is 485. The summed E-state index contributed by atoms with van der Waals surface area (Å²) in [5, 5.41) is 9.25. The van der Waals surface area contributed by atoms with Crippen molar-refractivity contribution >= 4 is 5.97 Å². The molecule has 0 bridgehead atoms. The van der Waals surface area contributed by atoms with Crippen LogP contribution in [0.1, 0.15) is 35.3 Å². The third-order valence-corrected chi connectivity index (χ3v) is 4.10. The number of ether oxygens (including phenoxy) is 1. The van der Waals surface area contributed by atoms with Gasteiger partial charge in [0.15, 0.2) is 0 Å².